The Labute approximate surface area is 158 Å². The number of hydrogen-bond donors (Lipinski definition) is 2. The number of likely N-dealkylation sites (tertiary alicyclic amines) is 1. The van der Waals surface area contributed by atoms with Crippen LogP contribution in [0.25, 0.3) is 10.9 Å². The zero-order valence-corrected chi connectivity index (χ0v) is 16.0. The summed E-state index contributed by atoms with van der Waals surface area (Å²) in [5, 5.41) is 14.7. The van der Waals surface area contributed by atoms with Crippen molar-refractivity contribution in [2.24, 2.45) is 0 Å². The van der Waals surface area contributed by atoms with Crippen LogP contribution in [0.5, 0.6) is 5.75 Å². The lowest BCUT2D eigenvalue weighted by Gasteiger charge is -2.22. The second-order valence-corrected chi connectivity index (χ2v) is 8.04. The highest BCUT2D eigenvalue weighted by Gasteiger charge is 2.27. The van der Waals surface area contributed by atoms with Gasteiger partial charge < -0.3 is 15.2 Å². The van der Waals surface area contributed by atoms with E-state index >= 15 is 0 Å². The zero-order chi connectivity index (χ0) is 18.9. The van der Waals surface area contributed by atoms with E-state index in [2.05, 4.69) is 15.2 Å². The number of carbonyl (C=O) groups excluding carboxylic acids is 1. The molecule has 26 heavy (non-hydrogen) atoms. The maximum atomic E-state index is 11.9. The molecular weight excluding hydrogens is 354 g/mol. The van der Waals surface area contributed by atoms with Gasteiger partial charge in [-0.15, -0.1) is 0 Å². The molecule has 1 aromatic heterocycles. The summed E-state index contributed by atoms with van der Waals surface area (Å²) in [6, 6.07) is 5.45. The van der Waals surface area contributed by atoms with E-state index in [-0.39, 0.29) is 11.8 Å². The number of nitrogens with zero attached hydrogens (tertiary/aromatic N) is 2. The van der Waals surface area contributed by atoms with E-state index in [1.807, 2.05) is 26.8 Å². The maximum absolute atomic E-state index is 11.9. The Kier molecular flexibility index (Phi) is 5.25. The van der Waals surface area contributed by atoms with Gasteiger partial charge in [0.1, 0.15) is 16.9 Å². The average molecular weight is 378 g/mol. The summed E-state index contributed by atoms with van der Waals surface area (Å²) in [6.07, 6.45) is 2.07. The minimum absolute atomic E-state index is 0.0287. The van der Waals surface area contributed by atoms with Crippen molar-refractivity contribution in [2.45, 2.75) is 45.4 Å². The Morgan fingerprint density at radius 2 is 2.27 bits per heavy atom. The van der Waals surface area contributed by atoms with Crippen LogP contribution in [0.3, 0.4) is 0 Å². The second kappa shape index (κ2) is 7.29. The molecule has 1 saturated heterocycles. The topological polar surface area (TPSA) is 74.7 Å². The van der Waals surface area contributed by atoms with E-state index in [0.717, 1.165) is 23.9 Å². The molecule has 1 aliphatic rings. The van der Waals surface area contributed by atoms with Gasteiger partial charge in [-0.2, -0.15) is 0 Å². The van der Waals surface area contributed by atoms with Crippen LogP contribution < -0.4 is 5.32 Å². The number of aromatic nitrogens is 1. The molecule has 2 N–H and O–H groups in total. The SMILES string of the molecule is CC(C)(C)OC(=O)NC1CCN(Cc2cc(Cl)c3cccnc3c2O)C1. The molecule has 0 saturated carbocycles. The number of ether oxygens (including phenoxy) is 1. The second-order valence-electron chi connectivity index (χ2n) is 7.63. The quantitative estimate of drug-likeness (QED) is 0.853. The third-order valence-electron chi connectivity index (χ3n) is 4.28. The molecule has 1 unspecified atom stereocenters. The van der Waals surface area contributed by atoms with Crippen LogP contribution in [0, 0.1) is 0 Å². The number of rotatable bonds is 3. The van der Waals surface area contributed by atoms with Crippen molar-refractivity contribution < 1.29 is 14.6 Å². The van der Waals surface area contributed by atoms with Gasteiger partial charge in [-0.25, -0.2) is 4.79 Å². The lowest BCUT2D eigenvalue weighted by molar-refractivity contribution is 0.0505. The fraction of sp³-hybridized carbons (Fsp3) is 0.474. The standard InChI is InChI=1S/C19H24ClN3O3/c1-19(2,3)26-18(25)22-13-6-8-23(11-13)10-12-9-15(20)14-5-4-7-21-16(14)17(12)24/h4-5,7,9,13,24H,6,8,10-11H2,1-3H3,(H,22,25). The summed E-state index contributed by atoms with van der Waals surface area (Å²) in [5.74, 6) is 0.161. The molecule has 1 amide bonds. The van der Waals surface area contributed by atoms with Gasteiger partial charge in [-0.1, -0.05) is 11.6 Å². The molecule has 3 rings (SSSR count). The monoisotopic (exact) mass is 377 g/mol. The Morgan fingerprint density at radius 1 is 1.50 bits per heavy atom. The van der Waals surface area contributed by atoms with Crippen molar-refractivity contribution in [1.82, 2.24) is 15.2 Å². The summed E-state index contributed by atoms with van der Waals surface area (Å²) in [7, 11) is 0. The molecular formula is C19H24ClN3O3. The number of alkyl carbamates (subject to hydrolysis) is 1. The number of hydrogen-bond acceptors (Lipinski definition) is 5. The van der Waals surface area contributed by atoms with E-state index < -0.39 is 11.7 Å². The van der Waals surface area contributed by atoms with Crippen LogP contribution in [0.1, 0.15) is 32.8 Å². The minimum atomic E-state index is -0.511. The summed E-state index contributed by atoms with van der Waals surface area (Å²) >= 11 is 6.34. The van der Waals surface area contributed by atoms with Crippen LogP contribution in [0.4, 0.5) is 4.79 Å². The number of aromatic hydroxyl groups is 1. The molecule has 7 heteroatoms. The number of carbonyl (C=O) groups is 1. The van der Waals surface area contributed by atoms with Crippen molar-refractivity contribution in [3.05, 3.63) is 35.0 Å². The van der Waals surface area contributed by atoms with Gasteiger partial charge in [0, 0.05) is 42.8 Å². The Bertz CT molecular complexity index is 820. The zero-order valence-electron chi connectivity index (χ0n) is 15.3. The average Bonchev–Trinajstić information content (AvgIpc) is 2.97. The van der Waals surface area contributed by atoms with Crippen LogP contribution >= 0.6 is 11.6 Å². The molecule has 6 nitrogen and oxygen atoms in total. The molecule has 0 bridgehead atoms. The van der Waals surface area contributed by atoms with Crippen molar-refractivity contribution in [3.8, 4) is 5.75 Å². The number of benzene rings is 1. The number of nitrogens with one attached hydrogen (secondary N) is 1. The van der Waals surface area contributed by atoms with Crippen LogP contribution in [-0.4, -0.2) is 45.8 Å². The molecule has 1 aromatic carbocycles. The Balaban J connectivity index is 1.65. The third kappa shape index (κ3) is 4.37. The van der Waals surface area contributed by atoms with Gasteiger partial charge in [-0.3, -0.25) is 9.88 Å². The number of amides is 1. The number of pyridine rings is 1. The van der Waals surface area contributed by atoms with Crippen molar-refractivity contribution in [3.63, 3.8) is 0 Å². The predicted octanol–water partition coefficient (Wildman–Crippen LogP) is 3.69. The molecule has 1 aliphatic heterocycles. The van der Waals surface area contributed by atoms with E-state index in [1.165, 1.54) is 0 Å². The van der Waals surface area contributed by atoms with E-state index in [1.54, 1.807) is 18.3 Å². The molecule has 140 valence electrons. The fourth-order valence-corrected chi connectivity index (χ4v) is 3.45. The normalized spacial score (nSPS) is 18.2. The Hall–Kier alpha value is -2.05. The van der Waals surface area contributed by atoms with Gasteiger partial charge in [-0.05, 0) is 45.4 Å². The summed E-state index contributed by atoms with van der Waals surface area (Å²) in [5.41, 5.74) is 0.736. The number of fused-ring (bicyclic) bond motifs is 1. The highest BCUT2D eigenvalue weighted by molar-refractivity contribution is 6.35. The highest BCUT2D eigenvalue weighted by atomic mass is 35.5. The predicted molar refractivity (Wildman–Crippen MR) is 101 cm³/mol. The van der Waals surface area contributed by atoms with Crippen molar-refractivity contribution >= 4 is 28.6 Å². The summed E-state index contributed by atoms with van der Waals surface area (Å²) in [4.78, 5) is 18.3. The molecule has 2 heterocycles. The lowest BCUT2D eigenvalue weighted by Crippen LogP contribution is -2.40. The smallest absolute Gasteiger partial charge is 0.407 e. The first kappa shape index (κ1) is 18.7. The Morgan fingerprint density at radius 3 is 3.00 bits per heavy atom. The first-order chi connectivity index (χ1) is 12.2. The first-order valence-corrected chi connectivity index (χ1v) is 9.07. The van der Waals surface area contributed by atoms with Gasteiger partial charge in [0.15, 0.2) is 0 Å². The van der Waals surface area contributed by atoms with Crippen molar-refractivity contribution in [1.29, 1.82) is 0 Å². The van der Waals surface area contributed by atoms with Crippen LogP contribution in [0.2, 0.25) is 5.02 Å². The van der Waals surface area contributed by atoms with E-state index in [4.69, 9.17) is 16.3 Å². The van der Waals surface area contributed by atoms with E-state index in [0.29, 0.717) is 23.6 Å². The van der Waals surface area contributed by atoms with Gasteiger partial charge in [0.25, 0.3) is 0 Å². The molecule has 0 spiro atoms. The minimum Gasteiger partial charge on any atom is -0.505 e. The largest absolute Gasteiger partial charge is 0.505 e. The van der Waals surface area contributed by atoms with Gasteiger partial charge in [0.05, 0.1) is 5.02 Å². The number of phenolic OH excluding ortho intramolecular Hbond substituents is 1. The molecule has 2 aromatic rings. The van der Waals surface area contributed by atoms with Crippen LogP contribution in [0.15, 0.2) is 24.4 Å². The molecule has 1 atom stereocenters. The van der Waals surface area contributed by atoms with E-state index in [9.17, 15) is 9.90 Å². The van der Waals surface area contributed by atoms with Crippen LogP contribution in [-0.2, 0) is 11.3 Å². The first-order valence-electron chi connectivity index (χ1n) is 8.70. The highest BCUT2D eigenvalue weighted by Crippen LogP contribution is 2.34. The molecule has 0 aliphatic carbocycles. The van der Waals surface area contributed by atoms with Crippen molar-refractivity contribution in [2.75, 3.05) is 13.1 Å². The third-order valence-corrected chi connectivity index (χ3v) is 4.59. The summed E-state index contributed by atoms with van der Waals surface area (Å²) < 4.78 is 5.30. The van der Waals surface area contributed by atoms with Gasteiger partial charge in [0.2, 0.25) is 0 Å². The number of phenols is 1. The van der Waals surface area contributed by atoms with Gasteiger partial charge >= 0.3 is 6.09 Å². The molecule has 1 fully saturated rings. The maximum Gasteiger partial charge on any atom is 0.407 e. The summed E-state index contributed by atoms with van der Waals surface area (Å²) in [6.45, 7) is 7.58. The fourth-order valence-electron chi connectivity index (χ4n) is 3.17. The molecule has 0 radical (unpaired) electrons. The lowest BCUT2D eigenvalue weighted by atomic mass is 10.1. The number of halogens is 1.